The van der Waals surface area contributed by atoms with Gasteiger partial charge in [0.1, 0.15) is 0 Å². The number of amides is 2. The number of hydrogen-bond donors (Lipinski definition) is 0. The lowest BCUT2D eigenvalue weighted by Gasteiger charge is -2.33. The standard InChI is InChI=1S/C19H26F6N2O2/c20-18(21,22)10-12-1-5-26(6-2-12)16(28)14-9-15(14)17(29)27-7-3-13(4-8-27)11-19(23,24)25/h12-15H,1-11H2. The SMILES string of the molecule is O=C(C1CC1C(=O)N1CCC(CC(F)(F)F)CC1)N1CCC(CC(F)(F)F)CC1. The zero-order chi connectivity index (χ0) is 21.4. The number of carbonyl (C=O) groups is 2. The number of nitrogens with zero attached hydrogens (tertiary/aromatic N) is 2. The summed E-state index contributed by atoms with van der Waals surface area (Å²) in [7, 11) is 0. The van der Waals surface area contributed by atoms with Gasteiger partial charge in [-0.05, 0) is 43.9 Å². The van der Waals surface area contributed by atoms with Gasteiger partial charge in [0.15, 0.2) is 0 Å². The van der Waals surface area contributed by atoms with Crippen molar-refractivity contribution >= 4 is 11.8 Å². The minimum absolute atomic E-state index is 0.180. The summed E-state index contributed by atoms with van der Waals surface area (Å²) >= 11 is 0. The minimum Gasteiger partial charge on any atom is -0.342 e. The van der Waals surface area contributed by atoms with Crippen molar-refractivity contribution in [3.63, 3.8) is 0 Å². The molecule has 2 heterocycles. The van der Waals surface area contributed by atoms with Crippen LogP contribution >= 0.6 is 0 Å². The van der Waals surface area contributed by atoms with Crippen LogP contribution in [0.25, 0.3) is 0 Å². The van der Waals surface area contributed by atoms with Gasteiger partial charge in [-0.15, -0.1) is 0 Å². The third-order valence-electron chi connectivity index (χ3n) is 6.32. The predicted molar refractivity (Wildman–Crippen MR) is 91.5 cm³/mol. The average Bonchev–Trinajstić information content (AvgIpc) is 3.40. The van der Waals surface area contributed by atoms with Gasteiger partial charge in [-0.25, -0.2) is 0 Å². The van der Waals surface area contributed by atoms with Crippen LogP contribution in [0.4, 0.5) is 26.3 Å². The molecule has 0 N–H and O–H groups in total. The molecule has 4 nitrogen and oxygen atoms in total. The number of likely N-dealkylation sites (tertiary alicyclic amines) is 2. The van der Waals surface area contributed by atoms with E-state index in [9.17, 15) is 35.9 Å². The summed E-state index contributed by atoms with van der Waals surface area (Å²) < 4.78 is 74.9. The first-order valence-electron chi connectivity index (χ1n) is 10.1. The quantitative estimate of drug-likeness (QED) is 0.635. The molecule has 0 aromatic rings. The summed E-state index contributed by atoms with van der Waals surface area (Å²) in [5, 5.41) is 0. The van der Waals surface area contributed by atoms with Crippen molar-refractivity contribution in [2.24, 2.45) is 23.7 Å². The molecule has 3 aliphatic rings. The van der Waals surface area contributed by atoms with E-state index in [1.807, 2.05) is 0 Å². The van der Waals surface area contributed by atoms with Gasteiger partial charge in [-0.1, -0.05) is 0 Å². The monoisotopic (exact) mass is 428 g/mol. The highest BCUT2D eigenvalue weighted by Crippen LogP contribution is 2.43. The van der Waals surface area contributed by atoms with E-state index < -0.39 is 48.9 Å². The largest absolute Gasteiger partial charge is 0.389 e. The van der Waals surface area contributed by atoms with Gasteiger partial charge in [0.25, 0.3) is 0 Å². The molecule has 29 heavy (non-hydrogen) atoms. The molecule has 2 aliphatic heterocycles. The van der Waals surface area contributed by atoms with Crippen LogP contribution in [0.1, 0.15) is 44.9 Å². The van der Waals surface area contributed by atoms with Crippen LogP contribution in [0.2, 0.25) is 0 Å². The molecule has 2 atom stereocenters. The van der Waals surface area contributed by atoms with Crippen molar-refractivity contribution in [2.75, 3.05) is 26.2 Å². The fourth-order valence-electron chi connectivity index (χ4n) is 4.58. The Morgan fingerprint density at radius 1 is 0.655 bits per heavy atom. The van der Waals surface area contributed by atoms with E-state index in [4.69, 9.17) is 0 Å². The van der Waals surface area contributed by atoms with E-state index in [1.54, 1.807) is 9.80 Å². The molecule has 166 valence electrons. The van der Waals surface area contributed by atoms with E-state index in [2.05, 4.69) is 0 Å². The van der Waals surface area contributed by atoms with Gasteiger partial charge in [-0.2, -0.15) is 26.3 Å². The summed E-state index contributed by atoms with van der Waals surface area (Å²) in [5.41, 5.74) is 0. The summed E-state index contributed by atoms with van der Waals surface area (Å²) in [6, 6.07) is 0. The van der Waals surface area contributed by atoms with Crippen molar-refractivity contribution in [3.05, 3.63) is 0 Å². The fourth-order valence-corrected chi connectivity index (χ4v) is 4.58. The van der Waals surface area contributed by atoms with Crippen molar-refractivity contribution in [1.29, 1.82) is 0 Å². The normalized spacial score (nSPS) is 27.2. The third-order valence-corrected chi connectivity index (χ3v) is 6.32. The van der Waals surface area contributed by atoms with Gasteiger partial charge >= 0.3 is 12.4 Å². The zero-order valence-corrected chi connectivity index (χ0v) is 16.1. The lowest BCUT2D eigenvalue weighted by molar-refractivity contribution is -0.152. The van der Waals surface area contributed by atoms with Crippen molar-refractivity contribution in [3.8, 4) is 0 Å². The van der Waals surface area contributed by atoms with Crippen LogP contribution in [-0.2, 0) is 9.59 Å². The summed E-state index contributed by atoms with van der Waals surface area (Å²) in [6.45, 7) is 1.11. The number of hydrogen-bond acceptors (Lipinski definition) is 2. The Balaban J connectivity index is 1.41. The van der Waals surface area contributed by atoms with Gasteiger partial charge in [0, 0.05) is 39.0 Å². The highest BCUT2D eigenvalue weighted by Gasteiger charge is 2.51. The Bertz CT molecular complexity index is 553. The molecular weight excluding hydrogens is 402 g/mol. The van der Waals surface area contributed by atoms with Crippen molar-refractivity contribution in [2.45, 2.75) is 57.3 Å². The second-order valence-electron chi connectivity index (χ2n) is 8.62. The minimum atomic E-state index is -4.20. The van der Waals surface area contributed by atoms with Gasteiger partial charge in [0.2, 0.25) is 11.8 Å². The Kier molecular flexibility index (Phi) is 6.38. The maximum absolute atomic E-state index is 12.6. The van der Waals surface area contributed by atoms with Crippen LogP contribution in [0.5, 0.6) is 0 Å². The predicted octanol–water partition coefficient (Wildman–Crippen LogP) is 4.00. The molecule has 0 spiro atoms. The first kappa shape index (κ1) is 22.2. The molecule has 1 aliphatic carbocycles. The molecule has 0 aromatic carbocycles. The Hall–Kier alpha value is -1.48. The van der Waals surface area contributed by atoms with Gasteiger partial charge in [-0.3, -0.25) is 9.59 Å². The van der Waals surface area contributed by atoms with Crippen molar-refractivity contribution < 1.29 is 35.9 Å². The van der Waals surface area contributed by atoms with E-state index in [0.717, 1.165) is 0 Å². The van der Waals surface area contributed by atoms with Crippen LogP contribution in [0.15, 0.2) is 0 Å². The number of piperidine rings is 2. The first-order chi connectivity index (χ1) is 13.4. The van der Waals surface area contributed by atoms with Crippen LogP contribution in [-0.4, -0.2) is 60.1 Å². The van der Waals surface area contributed by atoms with E-state index >= 15 is 0 Å². The molecule has 0 radical (unpaired) electrons. The van der Waals surface area contributed by atoms with E-state index in [1.165, 1.54) is 0 Å². The molecule has 2 amide bonds. The smallest absolute Gasteiger partial charge is 0.342 e. The summed E-state index contributed by atoms with van der Waals surface area (Å²) in [4.78, 5) is 28.2. The number of alkyl halides is 6. The van der Waals surface area contributed by atoms with Crippen LogP contribution in [0, 0.1) is 23.7 Å². The van der Waals surface area contributed by atoms with Crippen molar-refractivity contribution in [1.82, 2.24) is 9.80 Å². The Morgan fingerprint density at radius 3 is 1.24 bits per heavy atom. The second-order valence-corrected chi connectivity index (χ2v) is 8.62. The highest BCUT2D eigenvalue weighted by atomic mass is 19.4. The molecule has 0 aromatic heterocycles. The topological polar surface area (TPSA) is 40.6 Å². The Labute approximate surface area is 165 Å². The fraction of sp³-hybridized carbons (Fsp3) is 0.895. The lowest BCUT2D eigenvalue weighted by Crippen LogP contribution is -2.42. The maximum Gasteiger partial charge on any atom is 0.389 e. The molecule has 10 heteroatoms. The molecule has 3 fully saturated rings. The molecule has 1 saturated carbocycles. The highest BCUT2D eigenvalue weighted by molar-refractivity contribution is 5.92. The number of halogens is 6. The van der Waals surface area contributed by atoms with E-state index in [-0.39, 0.29) is 38.0 Å². The third kappa shape index (κ3) is 6.25. The maximum atomic E-state index is 12.6. The average molecular weight is 428 g/mol. The van der Waals surface area contributed by atoms with Gasteiger partial charge in [0.05, 0.1) is 11.8 Å². The number of carbonyl (C=O) groups excluding carboxylic acids is 2. The van der Waals surface area contributed by atoms with Gasteiger partial charge < -0.3 is 9.80 Å². The first-order valence-corrected chi connectivity index (χ1v) is 10.1. The summed E-state index contributed by atoms with van der Waals surface area (Å²) in [5.74, 6) is -2.16. The molecular formula is C19H26F6N2O2. The second kappa shape index (κ2) is 8.34. The molecule has 3 rings (SSSR count). The molecule has 2 unspecified atom stereocenters. The zero-order valence-electron chi connectivity index (χ0n) is 16.1. The van der Waals surface area contributed by atoms with Crippen LogP contribution in [0.3, 0.4) is 0 Å². The molecule has 2 saturated heterocycles. The summed E-state index contributed by atoms with van der Waals surface area (Å²) in [6.07, 6.45) is -8.40. The molecule has 0 bridgehead atoms. The Morgan fingerprint density at radius 2 is 0.966 bits per heavy atom. The lowest BCUT2D eigenvalue weighted by atomic mass is 9.92. The number of rotatable bonds is 4. The van der Waals surface area contributed by atoms with Crippen LogP contribution < -0.4 is 0 Å². The van der Waals surface area contributed by atoms with E-state index in [0.29, 0.717) is 32.1 Å².